The van der Waals surface area contributed by atoms with Gasteiger partial charge in [0.15, 0.2) is 0 Å². The van der Waals surface area contributed by atoms with E-state index in [1.165, 1.54) is 0 Å². The van der Waals surface area contributed by atoms with Crippen molar-refractivity contribution < 1.29 is 29.0 Å². The SMILES string of the molecule is CSCCC(NC(=O)OCC1c2ccccc2-c2ccccc21)C(=O)NCC1CC(C(=O)O)CO1. The summed E-state index contributed by atoms with van der Waals surface area (Å²) in [7, 11) is 0. The van der Waals surface area contributed by atoms with Crippen molar-refractivity contribution >= 4 is 29.7 Å². The molecule has 186 valence electrons. The quantitative estimate of drug-likeness (QED) is 0.461. The Bertz CT molecular complexity index is 1030. The number of ether oxygens (including phenoxy) is 2. The molecule has 3 N–H and O–H groups in total. The van der Waals surface area contributed by atoms with Gasteiger partial charge in [-0.15, -0.1) is 0 Å². The molecule has 1 aliphatic carbocycles. The Labute approximate surface area is 208 Å². The molecule has 0 radical (unpaired) electrons. The van der Waals surface area contributed by atoms with Crippen molar-refractivity contribution in [2.24, 2.45) is 5.92 Å². The predicted molar refractivity (Wildman–Crippen MR) is 133 cm³/mol. The van der Waals surface area contributed by atoms with Gasteiger partial charge in [-0.05, 0) is 47.1 Å². The standard InChI is InChI=1S/C26H30N2O6S/c1-35-11-10-23(24(29)27-13-17-12-16(14-33-17)25(30)31)28-26(32)34-15-22-20-8-4-2-6-18(20)19-7-3-5-9-21(19)22/h2-9,16-17,22-23H,10-15H2,1H3,(H,27,29)(H,28,32)(H,30,31). The average Bonchev–Trinajstić information content (AvgIpc) is 3.47. The summed E-state index contributed by atoms with van der Waals surface area (Å²) in [5, 5.41) is 14.6. The van der Waals surface area contributed by atoms with Crippen LogP contribution in [0.1, 0.15) is 29.9 Å². The van der Waals surface area contributed by atoms with Crippen molar-refractivity contribution in [2.75, 3.05) is 31.8 Å². The summed E-state index contributed by atoms with van der Waals surface area (Å²) in [6, 6.07) is 15.5. The molecule has 1 saturated heterocycles. The highest BCUT2D eigenvalue weighted by Crippen LogP contribution is 2.44. The van der Waals surface area contributed by atoms with Crippen LogP contribution in [0.25, 0.3) is 11.1 Å². The molecule has 4 rings (SSSR count). The van der Waals surface area contributed by atoms with Crippen molar-refractivity contribution in [3.8, 4) is 11.1 Å². The Morgan fingerprint density at radius 2 is 1.77 bits per heavy atom. The van der Waals surface area contributed by atoms with Gasteiger partial charge in [-0.25, -0.2) is 4.79 Å². The number of aliphatic carboxylic acids is 1. The molecule has 35 heavy (non-hydrogen) atoms. The highest BCUT2D eigenvalue weighted by Gasteiger charge is 2.32. The highest BCUT2D eigenvalue weighted by atomic mass is 32.2. The number of alkyl carbamates (subject to hydrolysis) is 1. The number of benzene rings is 2. The van der Waals surface area contributed by atoms with Crippen molar-refractivity contribution in [2.45, 2.75) is 30.9 Å². The summed E-state index contributed by atoms with van der Waals surface area (Å²) >= 11 is 1.58. The maximum Gasteiger partial charge on any atom is 0.407 e. The Balaban J connectivity index is 1.32. The summed E-state index contributed by atoms with van der Waals surface area (Å²) in [6.45, 7) is 0.512. The topological polar surface area (TPSA) is 114 Å². The Morgan fingerprint density at radius 3 is 2.37 bits per heavy atom. The Hall–Kier alpha value is -3.04. The van der Waals surface area contributed by atoms with Gasteiger partial charge in [0.1, 0.15) is 12.6 Å². The maximum atomic E-state index is 12.8. The van der Waals surface area contributed by atoms with Gasteiger partial charge in [0.25, 0.3) is 0 Å². The Morgan fingerprint density at radius 1 is 1.11 bits per heavy atom. The minimum absolute atomic E-state index is 0.0617. The molecular formula is C26H30N2O6S. The Kier molecular flexibility index (Phi) is 8.30. The van der Waals surface area contributed by atoms with Crippen molar-refractivity contribution in [3.63, 3.8) is 0 Å². The molecule has 2 aliphatic rings. The second kappa shape index (κ2) is 11.6. The van der Waals surface area contributed by atoms with E-state index in [1.54, 1.807) is 11.8 Å². The van der Waals surface area contributed by atoms with Crippen LogP contribution in [0, 0.1) is 5.92 Å². The molecule has 3 atom stereocenters. The fourth-order valence-electron chi connectivity index (χ4n) is 4.64. The van der Waals surface area contributed by atoms with E-state index in [2.05, 4.69) is 34.9 Å². The largest absolute Gasteiger partial charge is 0.481 e. The van der Waals surface area contributed by atoms with Crippen molar-refractivity contribution in [1.82, 2.24) is 10.6 Å². The first-order chi connectivity index (χ1) is 17.0. The van der Waals surface area contributed by atoms with Gasteiger partial charge < -0.3 is 25.2 Å². The molecule has 1 aliphatic heterocycles. The van der Waals surface area contributed by atoms with Crippen LogP contribution in [0.2, 0.25) is 0 Å². The number of carbonyl (C=O) groups is 3. The average molecular weight is 499 g/mol. The molecule has 0 spiro atoms. The number of rotatable bonds is 10. The number of hydrogen-bond acceptors (Lipinski definition) is 6. The zero-order valence-corrected chi connectivity index (χ0v) is 20.4. The summed E-state index contributed by atoms with van der Waals surface area (Å²) in [5.41, 5.74) is 4.53. The van der Waals surface area contributed by atoms with E-state index in [4.69, 9.17) is 14.6 Å². The van der Waals surface area contributed by atoms with E-state index in [9.17, 15) is 14.4 Å². The fraction of sp³-hybridized carbons (Fsp3) is 0.423. The smallest absolute Gasteiger partial charge is 0.407 e. The lowest BCUT2D eigenvalue weighted by Crippen LogP contribution is -2.48. The van der Waals surface area contributed by atoms with E-state index in [-0.39, 0.29) is 37.7 Å². The van der Waals surface area contributed by atoms with Gasteiger partial charge in [0.05, 0.1) is 18.6 Å². The molecule has 1 heterocycles. The molecule has 2 amide bonds. The number of amides is 2. The van der Waals surface area contributed by atoms with Crippen molar-refractivity contribution in [1.29, 1.82) is 0 Å². The van der Waals surface area contributed by atoms with Gasteiger partial charge in [0, 0.05) is 12.5 Å². The zero-order chi connectivity index (χ0) is 24.8. The molecule has 2 aromatic carbocycles. The molecule has 0 saturated carbocycles. The number of carboxylic acids is 1. The molecule has 0 aromatic heterocycles. The number of carbonyl (C=O) groups excluding carboxylic acids is 2. The van der Waals surface area contributed by atoms with Gasteiger partial charge in [-0.3, -0.25) is 9.59 Å². The van der Waals surface area contributed by atoms with E-state index >= 15 is 0 Å². The fourth-order valence-corrected chi connectivity index (χ4v) is 5.12. The van der Waals surface area contributed by atoms with E-state index < -0.39 is 24.0 Å². The summed E-state index contributed by atoms with van der Waals surface area (Å²) in [4.78, 5) is 36.5. The van der Waals surface area contributed by atoms with Crippen LogP contribution in [0.3, 0.4) is 0 Å². The molecule has 0 bridgehead atoms. The third-order valence-corrected chi connectivity index (χ3v) is 7.14. The molecular weight excluding hydrogens is 468 g/mol. The first-order valence-corrected chi connectivity index (χ1v) is 13.1. The van der Waals surface area contributed by atoms with Crippen LogP contribution in [0.5, 0.6) is 0 Å². The first kappa shape index (κ1) is 25.1. The third-order valence-electron chi connectivity index (χ3n) is 6.50. The molecule has 1 fully saturated rings. The minimum atomic E-state index is -0.895. The van der Waals surface area contributed by atoms with Crippen LogP contribution in [0.4, 0.5) is 4.79 Å². The third kappa shape index (κ3) is 5.97. The van der Waals surface area contributed by atoms with Crippen LogP contribution in [0.15, 0.2) is 48.5 Å². The van der Waals surface area contributed by atoms with Gasteiger partial charge in [-0.1, -0.05) is 48.5 Å². The normalized spacial score (nSPS) is 19.5. The molecule has 3 unspecified atom stereocenters. The predicted octanol–water partition coefficient (Wildman–Crippen LogP) is 3.25. The van der Waals surface area contributed by atoms with Crippen LogP contribution in [-0.2, 0) is 19.1 Å². The molecule has 9 heteroatoms. The number of nitrogens with one attached hydrogen (secondary N) is 2. The van der Waals surface area contributed by atoms with Gasteiger partial charge >= 0.3 is 12.1 Å². The van der Waals surface area contributed by atoms with Crippen LogP contribution < -0.4 is 10.6 Å². The summed E-state index contributed by atoms with van der Waals surface area (Å²) in [5.74, 6) is -1.16. The highest BCUT2D eigenvalue weighted by molar-refractivity contribution is 7.98. The number of carboxylic acid groups (broad SMARTS) is 1. The molecule has 2 aromatic rings. The van der Waals surface area contributed by atoms with Gasteiger partial charge in [-0.2, -0.15) is 11.8 Å². The number of thioether (sulfide) groups is 1. The van der Waals surface area contributed by atoms with Gasteiger partial charge in [0.2, 0.25) is 5.91 Å². The zero-order valence-electron chi connectivity index (χ0n) is 19.6. The lowest BCUT2D eigenvalue weighted by atomic mass is 9.98. The lowest BCUT2D eigenvalue weighted by Gasteiger charge is -2.20. The van der Waals surface area contributed by atoms with Crippen molar-refractivity contribution in [3.05, 3.63) is 59.7 Å². The molecule has 8 nitrogen and oxygen atoms in total. The van der Waals surface area contributed by atoms with E-state index in [1.807, 2.05) is 30.5 Å². The lowest BCUT2D eigenvalue weighted by molar-refractivity contribution is -0.141. The second-order valence-corrected chi connectivity index (χ2v) is 9.76. The summed E-state index contributed by atoms with van der Waals surface area (Å²) < 4.78 is 11.1. The van der Waals surface area contributed by atoms with E-state index in [0.29, 0.717) is 18.6 Å². The summed E-state index contributed by atoms with van der Waals surface area (Å²) in [6.07, 6.45) is 1.73. The monoisotopic (exact) mass is 498 g/mol. The first-order valence-electron chi connectivity index (χ1n) is 11.7. The van der Waals surface area contributed by atoms with E-state index in [0.717, 1.165) is 22.3 Å². The number of hydrogen-bond donors (Lipinski definition) is 3. The minimum Gasteiger partial charge on any atom is -0.481 e. The maximum absolute atomic E-state index is 12.8. The second-order valence-electron chi connectivity index (χ2n) is 8.78. The number of fused-ring (bicyclic) bond motifs is 3. The van der Waals surface area contributed by atoms with Crippen LogP contribution in [-0.4, -0.2) is 67.0 Å². The van der Waals surface area contributed by atoms with Crippen LogP contribution >= 0.6 is 11.8 Å².